The van der Waals surface area contributed by atoms with Gasteiger partial charge in [0, 0.05) is 5.54 Å². The lowest BCUT2D eigenvalue weighted by Gasteiger charge is -2.30. The van der Waals surface area contributed by atoms with Gasteiger partial charge in [0.05, 0.1) is 0 Å². The summed E-state index contributed by atoms with van der Waals surface area (Å²) in [6.07, 6.45) is 34.7. The predicted octanol–water partition coefficient (Wildman–Crippen LogP) is 11.1. The summed E-state index contributed by atoms with van der Waals surface area (Å²) in [5.41, 5.74) is 7.14. The summed E-state index contributed by atoms with van der Waals surface area (Å²) in [4.78, 5) is 0. The van der Waals surface area contributed by atoms with Gasteiger partial charge in [-0.1, -0.05) is 162 Å². The highest BCUT2D eigenvalue weighted by Gasteiger charge is 2.23. The van der Waals surface area contributed by atoms with E-state index < -0.39 is 0 Å². The van der Waals surface area contributed by atoms with Crippen LogP contribution in [0.4, 0.5) is 0 Å². The number of nitrogens with two attached hydrogens (primary N) is 1. The molecule has 0 aromatic heterocycles. The zero-order valence-electron chi connectivity index (χ0n) is 22.2. The van der Waals surface area contributed by atoms with E-state index in [-0.39, 0.29) is 29.5 Å². The van der Waals surface area contributed by atoms with Gasteiger partial charge in [-0.3, -0.25) is 0 Å². The molecule has 0 heterocycles. The van der Waals surface area contributed by atoms with Crippen LogP contribution in [0.25, 0.3) is 0 Å². The highest BCUT2D eigenvalue weighted by atomic mass is 127. The SMILES string of the molecule is CCCCCCCCCCC(N)(CCCCCCCCC)CCCCCCCCC.I. The van der Waals surface area contributed by atoms with Crippen molar-refractivity contribution >= 4 is 24.0 Å². The summed E-state index contributed by atoms with van der Waals surface area (Å²) in [5.74, 6) is 0. The maximum absolute atomic E-state index is 7.00. The average Bonchev–Trinajstić information content (AvgIpc) is 2.74. The molecule has 0 aliphatic heterocycles. The molecule has 0 fully saturated rings. The predicted molar refractivity (Wildman–Crippen MR) is 155 cm³/mol. The first kappa shape index (κ1) is 33.9. The fraction of sp³-hybridized carbons (Fsp3) is 1.00. The van der Waals surface area contributed by atoms with Crippen LogP contribution in [0.2, 0.25) is 0 Å². The van der Waals surface area contributed by atoms with E-state index >= 15 is 0 Å². The first-order chi connectivity index (χ1) is 14.7. The average molecular weight is 552 g/mol. The van der Waals surface area contributed by atoms with Gasteiger partial charge in [0.1, 0.15) is 0 Å². The molecule has 0 saturated carbocycles. The van der Waals surface area contributed by atoms with Crippen LogP contribution in [0.15, 0.2) is 0 Å². The summed E-state index contributed by atoms with van der Waals surface area (Å²) in [5, 5.41) is 0. The van der Waals surface area contributed by atoms with E-state index in [1.165, 1.54) is 161 Å². The van der Waals surface area contributed by atoms with Gasteiger partial charge in [-0.25, -0.2) is 0 Å². The molecule has 0 aromatic carbocycles. The number of unbranched alkanes of at least 4 members (excludes halogenated alkanes) is 19. The number of halogens is 1. The molecule has 0 unspecified atom stereocenters. The van der Waals surface area contributed by atoms with Gasteiger partial charge < -0.3 is 5.73 Å². The van der Waals surface area contributed by atoms with Gasteiger partial charge in [0.2, 0.25) is 0 Å². The summed E-state index contributed by atoms with van der Waals surface area (Å²) in [7, 11) is 0. The molecule has 1 nitrogen and oxygen atoms in total. The quantitative estimate of drug-likeness (QED) is 0.0886. The molecule has 2 heteroatoms. The van der Waals surface area contributed by atoms with Crippen molar-refractivity contribution in [3.05, 3.63) is 0 Å². The van der Waals surface area contributed by atoms with E-state index in [2.05, 4.69) is 20.8 Å². The van der Waals surface area contributed by atoms with Crippen molar-refractivity contribution in [2.45, 2.75) is 187 Å². The van der Waals surface area contributed by atoms with Gasteiger partial charge in [-0.15, -0.1) is 24.0 Å². The lowest BCUT2D eigenvalue weighted by molar-refractivity contribution is 0.302. The van der Waals surface area contributed by atoms with E-state index in [1.807, 2.05) is 0 Å². The molecule has 0 aromatic rings. The van der Waals surface area contributed by atoms with Crippen LogP contribution in [0.1, 0.15) is 181 Å². The largest absolute Gasteiger partial charge is 0.325 e. The minimum Gasteiger partial charge on any atom is -0.325 e. The molecular weight excluding hydrogens is 489 g/mol. The first-order valence-corrected chi connectivity index (χ1v) is 14.5. The Morgan fingerprint density at radius 2 is 0.548 bits per heavy atom. The number of hydrogen-bond donors (Lipinski definition) is 1. The molecule has 0 saturated heterocycles. The fourth-order valence-corrected chi connectivity index (χ4v) is 4.85. The fourth-order valence-electron chi connectivity index (χ4n) is 4.85. The zero-order chi connectivity index (χ0) is 22.2. The Kier molecular flexibility index (Phi) is 29.4. The van der Waals surface area contributed by atoms with E-state index in [0.29, 0.717) is 0 Å². The van der Waals surface area contributed by atoms with Gasteiger partial charge in [-0.05, 0) is 19.3 Å². The van der Waals surface area contributed by atoms with Crippen LogP contribution in [0.5, 0.6) is 0 Å². The Morgan fingerprint density at radius 3 is 0.774 bits per heavy atom. The molecule has 0 aliphatic carbocycles. The van der Waals surface area contributed by atoms with E-state index in [1.54, 1.807) is 0 Å². The molecule has 0 spiro atoms. The Bertz CT molecular complexity index is 300. The normalized spacial score (nSPS) is 11.6. The smallest absolute Gasteiger partial charge is 0.0154 e. The molecule has 0 rings (SSSR count). The van der Waals surface area contributed by atoms with Crippen LogP contribution < -0.4 is 5.73 Å². The molecule has 0 radical (unpaired) electrons. The standard InChI is InChI=1S/C29H61N.HI/c1-4-7-10-13-16-19-22-25-28-29(30,26-23-20-17-14-11-8-5-2)27-24-21-18-15-12-9-6-3;/h4-28,30H2,1-3H3;1H. The molecule has 0 aliphatic rings. The Labute approximate surface area is 215 Å². The summed E-state index contributed by atoms with van der Waals surface area (Å²) in [6.45, 7) is 6.91. The van der Waals surface area contributed by atoms with Crippen molar-refractivity contribution < 1.29 is 0 Å². The molecule has 190 valence electrons. The van der Waals surface area contributed by atoms with Crippen molar-refractivity contribution in [1.82, 2.24) is 0 Å². The summed E-state index contributed by atoms with van der Waals surface area (Å²) >= 11 is 0. The number of rotatable bonds is 25. The van der Waals surface area contributed by atoms with Crippen molar-refractivity contribution in [2.24, 2.45) is 5.73 Å². The van der Waals surface area contributed by atoms with E-state index in [4.69, 9.17) is 5.73 Å². The summed E-state index contributed by atoms with van der Waals surface area (Å²) < 4.78 is 0. The third-order valence-corrected chi connectivity index (χ3v) is 7.08. The van der Waals surface area contributed by atoms with Gasteiger partial charge in [0.15, 0.2) is 0 Å². The topological polar surface area (TPSA) is 26.0 Å². The van der Waals surface area contributed by atoms with Crippen LogP contribution in [-0.2, 0) is 0 Å². The monoisotopic (exact) mass is 551 g/mol. The van der Waals surface area contributed by atoms with Crippen LogP contribution in [-0.4, -0.2) is 5.54 Å². The first-order valence-electron chi connectivity index (χ1n) is 14.5. The lowest BCUT2D eigenvalue weighted by atomic mass is 9.82. The van der Waals surface area contributed by atoms with Crippen molar-refractivity contribution in [2.75, 3.05) is 0 Å². The van der Waals surface area contributed by atoms with Crippen LogP contribution in [0.3, 0.4) is 0 Å². The van der Waals surface area contributed by atoms with Gasteiger partial charge in [-0.2, -0.15) is 0 Å². The Hall–Kier alpha value is 0.690. The second-order valence-corrected chi connectivity index (χ2v) is 10.3. The third-order valence-electron chi connectivity index (χ3n) is 7.08. The highest BCUT2D eigenvalue weighted by molar-refractivity contribution is 14.0. The third kappa shape index (κ3) is 25.2. The van der Waals surface area contributed by atoms with Gasteiger partial charge >= 0.3 is 0 Å². The van der Waals surface area contributed by atoms with E-state index in [9.17, 15) is 0 Å². The Balaban J connectivity index is 0. The zero-order valence-corrected chi connectivity index (χ0v) is 24.5. The molecule has 0 amide bonds. The van der Waals surface area contributed by atoms with Crippen molar-refractivity contribution in [1.29, 1.82) is 0 Å². The van der Waals surface area contributed by atoms with Crippen molar-refractivity contribution in [3.63, 3.8) is 0 Å². The molecule has 0 atom stereocenters. The van der Waals surface area contributed by atoms with Gasteiger partial charge in [0.25, 0.3) is 0 Å². The highest BCUT2D eigenvalue weighted by Crippen LogP contribution is 2.27. The Morgan fingerprint density at radius 1 is 0.355 bits per heavy atom. The lowest BCUT2D eigenvalue weighted by Crippen LogP contribution is -2.39. The van der Waals surface area contributed by atoms with Crippen LogP contribution >= 0.6 is 24.0 Å². The second kappa shape index (κ2) is 26.9. The molecule has 31 heavy (non-hydrogen) atoms. The summed E-state index contributed by atoms with van der Waals surface area (Å²) in [6, 6.07) is 0. The molecule has 0 bridgehead atoms. The van der Waals surface area contributed by atoms with Crippen molar-refractivity contribution in [3.8, 4) is 0 Å². The van der Waals surface area contributed by atoms with Crippen LogP contribution in [0, 0.1) is 0 Å². The molecule has 2 N–H and O–H groups in total. The van der Waals surface area contributed by atoms with E-state index in [0.717, 1.165) is 0 Å². The maximum Gasteiger partial charge on any atom is 0.0154 e. The number of hydrogen-bond acceptors (Lipinski definition) is 1. The maximum atomic E-state index is 7.00. The minimum absolute atomic E-state index is 0. The molecular formula is C29H62IN. The second-order valence-electron chi connectivity index (χ2n) is 10.3. The minimum atomic E-state index is 0.